The molecule has 4 rings (SSSR count). The lowest BCUT2D eigenvalue weighted by Crippen LogP contribution is -2.23. The number of benzene rings is 2. The predicted octanol–water partition coefficient (Wildman–Crippen LogP) is 3.63. The number of carbonyl (C=O) groups excluding carboxylic acids is 1. The van der Waals surface area contributed by atoms with E-state index in [2.05, 4.69) is 10.3 Å². The number of amides is 1. The summed E-state index contributed by atoms with van der Waals surface area (Å²) in [4.78, 5) is 17.2. The van der Waals surface area contributed by atoms with Crippen LogP contribution in [0.4, 0.5) is 14.5 Å². The van der Waals surface area contributed by atoms with E-state index in [1.165, 1.54) is 13.2 Å². The molecule has 3 aromatic rings. The number of rotatable bonds is 3. The van der Waals surface area contributed by atoms with Gasteiger partial charge in [0.15, 0.2) is 0 Å². The number of imidazole rings is 1. The fourth-order valence-electron chi connectivity index (χ4n) is 3.20. The second kappa shape index (κ2) is 6.39. The van der Waals surface area contributed by atoms with E-state index in [-0.39, 0.29) is 23.6 Å². The van der Waals surface area contributed by atoms with E-state index in [1.54, 1.807) is 16.7 Å². The highest BCUT2D eigenvalue weighted by Gasteiger charge is 2.29. The fraction of sp³-hybridized carbons (Fsp3) is 0.158. The minimum atomic E-state index is -0.908. The minimum absolute atomic E-state index is 0.123. The summed E-state index contributed by atoms with van der Waals surface area (Å²) in [5.41, 5.74) is 0.571. The second-order valence-corrected chi connectivity index (χ2v) is 6.04. The largest absolute Gasteiger partial charge is 0.511 e. The zero-order valence-electron chi connectivity index (χ0n) is 14.3. The lowest BCUT2D eigenvalue weighted by molar-refractivity contribution is -0.111. The standard InChI is InChI=1S/C19H15F2N3O3/c1-27-14-7-3-6-12-17(14)22-18-15(13(25)8-9-24(12)18)19(26)23-16-10(20)4-2-5-11(16)21/h2-7,25H,8-9H2,1H3,(H,23,26). The van der Waals surface area contributed by atoms with Crippen LogP contribution in [0, 0.1) is 11.6 Å². The molecule has 0 saturated carbocycles. The summed E-state index contributed by atoms with van der Waals surface area (Å²) < 4.78 is 34.8. The number of anilines is 1. The Hall–Kier alpha value is -3.42. The number of fused-ring (bicyclic) bond motifs is 3. The number of para-hydroxylation sites is 2. The first-order valence-electron chi connectivity index (χ1n) is 8.22. The van der Waals surface area contributed by atoms with Crippen molar-refractivity contribution in [2.24, 2.45) is 0 Å². The van der Waals surface area contributed by atoms with E-state index in [9.17, 15) is 18.7 Å². The molecule has 0 fully saturated rings. The average Bonchev–Trinajstić information content (AvgIpc) is 3.03. The number of allylic oxidation sites excluding steroid dienone is 1. The first-order valence-corrected chi connectivity index (χ1v) is 8.22. The molecule has 0 saturated heterocycles. The van der Waals surface area contributed by atoms with Crippen LogP contribution < -0.4 is 10.1 Å². The molecule has 6 nitrogen and oxygen atoms in total. The van der Waals surface area contributed by atoms with Gasteiger partial charge in [-0.3, -0.25) is 4.79 Å². The normalized spacial score (nSPS) is 13.6. The zero-order chi connectivity index (χ0) is 19.1. The highest BCUT2D eigenvalue weighted by molar-refractivity contribution is 6.25. The van der Waals surface area contributed by atoms with E-state index in [0.717, 1.165) is 17.6 Å². The predicted molar refractivity (Wildman–Crippen MR) is 95.4 cm³/mol. The molecular weight excluding hydrogens is 356 g/mol. The van der Waals surface area contributed by atoms with Gasteiger partial charge in [-0.05, 0) is 24.3 Å². The van der Waals surface area contributed by atoms with Crippen LogP contribution in [0.1, 0.15) is 12.2 Å². The van der Waals surface area contributed by atoms with Gasteiger partial charge in [-0.15, -0.1) is 0 Å². The third kappa shape index (κ3) is 2.69. The molecule has 1 aliphatic heterocycles. The quantitative estimate of drug-likeness (QED) is 0.737. The van der Waals surface area contributed by atoms with Crippen LogP contribution in [0.25, 0.3) is 16.6 Å². The lowest BCUT2D eigenvalue weighted by Gasteiger charge is -2.18. The van der Waals surface area contributed by atoms with Gasteiger partial charge in [0, 0.05) is 13.0 Å². The van der Waals surface area contributed by atoms with E-state index >= 15 is 0 Å². The Bertz CT molecular complexity index is 1080. The number of methoxy groups -OCH3 is 1. The van der Waals surface area contributed by atoms with Crippen molar-refractivity contribution >= 4 is 28.2 Å². The SMILES string of the molecule is COc1cccc2c1nc1n2CCC(O)=C1C(=O)Nc1c(F)cccc1F. The second-order valence-electron chi connectivity index (χ2n) is 6.04. The topological polar surface area (TPSA) is 76.4 Å². The molecule has 2 aromatic carbocycles. The summed E-state index contributed by atoms with van der Waals surface area (Å²) in [6.07, 6.45) is 0.193. The van der Waals surface area contributed by atoms with Crippen LogP contribution in [-0.4, -0.2) is 27.7 Å². The number of carbonyl (C=O) groups is 1. The number of nitrogens with zero attached hydrogens (tertiary/aromatic N) is 2. The Kier molecular flexibility index (Phi) is 4.02. The Labute approximate surface area is 152 Å². The maximum absolute atomic E-state index is 13.9. The molecule has 1 aliphatic rings. The maximum Gasteiger partial charge on any atom is 0.263 e. The summed E-state index contributed by atoms with van der Waals surface area (Å²) in [5, 5.41) is 12.5. The maximum atomic E-state index is 13.9. The smallest absolute Gasteiger partial charge is 0.263 e. The van der Waals surface area contributed by atoms with Gasteiger partial charge in [-0.2, -0.15) is 0 Å². The van der Waals surface area contributed by atoms with Gasteiger partial charge in [0.1, 0.15) is 45.7 Å². The van der Waals surface area contributed by atoms with Crippen molar-refractivity contribution in [3.8, 4) is 5.75 Å². The van der Waals surface area contributed by atoms with Crippen molar-refractivity contribution in [1.29, 1.82) is 0 Å². The summed E-state index contributed by atoms with van der Waals surface area (Å²) in [6.45, 7) is 0.412. The van der Waals surface area contributed by atoms with Crippen LogP contribution >= 0.6 is 0 Å². The van der Waals surface area contributed by atoms with Crippen molar-refractivity contribution in [3.63, 3.8) is 0 Å². The van der Waals surface area contributed by atoms with E-state index in [4.69, 9.17) is 4.74 Å². The third-order valence-electron chi connectivity index (χ3n) is 4.47. The van der Waals surface area contributed by atoms with Crippen molar-refractivity contribution in [2.75, 3.05) is 12.4 Å². The molecule has 138 valence electrons. The van der Waals surface area contributed by atoms with Gasteiger partial charge >= 0.3 is 0 Å². The van der Waals surface area contributed by atoms with Gasteiger partial charge in [0.05, 0.1) is 12.6 Å². The van der Waals surface area contributed by atoms with Crippen LogP contribution in [0.3, 0.4) is 0 Å². The first kappa shape index (κ1) is 17.0. The van der Waals surface area contributed by atoms with Crippen LogP contribution in [0.2, 0.25) is 0 Å². The molecule has 0 spiro atoms. The molecule has 27 heavy (non-hydrogen) atoms. The third-order valence-corrected chi connectivity index (χ3v) is 4.47. The number of nitrogens with one attached hydrogen (secondary N) is 1. The lowest BCUT2D eigenvalue weighted by atomic mass is 10.1. The number of hydrogen-bond acceptors (Lipinski definition) is 4. The van der Waals surface area contributed by atoms with Crippen molar-refractivity contribution in [1.82, 2.24) is 9.55 Å². The summed E-state index contributed by atoms with van der Waals surface area (Å²) in [7, 11) is 1.51. The molecule has 0 unspecified atom stereocenters. The molecule has 2 N–H and O–H groups in total. The van der Waals surface area contributed by atoms with E-state index in [1.807, 2.05) is 6.07 Å². The van der Waals surface area contributed by atoms with Gasteiger partial charge in [-0.1, -0.05) is 12.1 Å². The number of aromatic nitrogens is 2. The van der Waals surface area contributed by atoms with E-state index in [0.29, 0.717) is 17.8 Å². The molecular formula is C19H15F2N3O3. The highest BCUT2D eigenvalue weighted by Crippen LogP contribution is 2.34. The van der Waals surface area contributed by atoms with Crippen LogP contribution in [0.5, 0.6) is 5.75 Å². The van der Waals surface area contributed by atoms with Crippen molar-refractivity contribution in [3.05, 3.63) is 59.6 Å². The summed E-state index contributed by atoms with van der Waals surface area (Å²) in [5.74, 6) is -2.11. The molecule has 0 radical (unpaired) electrons. The van der Waals surface area contributed by atoms with Gasteiger partial charge in [-0.25, -0.2) is 13.8 Å². The Morgan fingerprint density at radius 3 is 2.63 bits per heavy atom. The molecule has 0 aliphatic carbocycles. The molecule has 0 atom stereocenters. The number of halogens is 2. The minimum Gasteiger partial charge on any atom is -0.511 e. The number of hydrogen-bond donors (Lipinski definition) is 2. The monoisotopic (exact) mass is 371 g/mol. The Morgan fingerprint density at radius 1 is 1.22 bits per heavy atom. The fourth-order valence-corrected chi connectivity index (χ4v) is 3.20. The average molecular weight is 371 g/mol. The van der Waals surface area contributed by atoms with Gasteiger partial charge < -0.3 is 19.7 Å². The van der Waals surface area contributed by atoms with Crippen LogP contribution in [0.15, 0.2) is 42.2 Å². The number of aliphatic hydroxyl groups excluding tert-OH is 1. The molecule has 8 heteroatoms. The summed E-state index contributed by atoms with van der Waals surface area (Å²) in [6, 6.07) is 8.62. The van der Waals surface area contributed by atoms with Crippen molar-refractivity contribution in [2.45, 2.75) is 13.0 Å². The van der Waals surface area contributed by atoms with Crippen LogP contribution in [-0.2, 0) is 11.3 Å². The molecule has 0 bridgehead atoms. The Balaban J connectivity index is 1.81. The molecule has 2 heterocycles. The number of aliphatic hydroxyl groups is 1. The number of aryl methyl sites for hydroxylation is 1. The molecule has 1 aromatic heterocycles. The van der Waals surface area contributed by atoms with Gasteiger partial charge in [0.25, 0.3) is 5.91 Å². The van der Waals surface area contributed by atoms with Crippen molar-refractivity contribution < 1.29 is 23.4 Å². The zero-order valence-corrected chi connectivity index (χ0v) is 14.3. The first-order chi connectivity index (χ1) is 13.0. The highest BCUT2D eigenvalue weighted by atomic mass is 19.1. The van der Waals surface area contributed by atoms with Gasteiger partial charge in [0.2, 0.25) is 0 Å². The number of ether oxygens (including phenoxy) is 1. The summed E-state index contributed by atoms with van der Waals surface area (Å²) >= 11 is 0. The molecule has 1 amide bonds. The Morgan fingerprint density at radius 2 is 1.93 bits per heavy atom. The van der Waals surface area contributed by atoms with E-state index < -0.39 is 23.2 Å².